The van der Waals surface area contributed by atoms with Crippen molar-refractivity contribution in [1.82, 2.24) is 20.0 Å². The molecule has 0 aromatic rings. The van der Waals surface area contributed by atoms with Crippen molar-refractivity contribution in [3.63, 3.8) is 0 Å². The molecular weight excluding hydrogens is 502 g/mol. The summed E-state index contributed by atoms with van der Waals surface area (Å²) in [5, 5.41) is 23.4. The van der Waals surface area contributed by atoms with Gasteiger partial charge in [-0.3, -0.25) is 14.5 Å². The van der Waals surface area contributed by atoms with Crippen molar-refractivity contribution >= 4 is 41.3 Å². The highest BCUT2D eigenvalue weighted by molar-refractivity contribution is 8.03. The Morgan fingerprint density at radius 3 is 2.53 bits per heavy atom. The Balaban J connectivity index is 1.42. The van der Waals surface area contributed by atoms with Gasteiger partial charge in [-0.1, -0.05) is 13.8 Å². The Morgan fingerprint density at radius 2 is 1.94 bits per heavy atom. The maximum atomic E-state index is 13.5. The SMILES string of the molecule is CCSC(C(=O)N1CCN(CCN)CC1)[C@@H]1C[C@H](SC2=C(C(=O)O)N3C(=O)[C@H]([C@@H](C)O)[C@H]3[C@H]2C)CN1. The van der Waals surface area contributed by atoms with Gasteiger partial charge in [0, 0.05) is 67.9 Å². The van der Waals surface area contributed by atoms with Gasteiger partial charge < -0.3 is 31.1 Å². The van der Waals surface area contributed by atoms with Gasteiger partial charge in [0.1, 0.15) is 5.70 Å². The predicted octanol–water partition coefficient (Wildman–Crippen LogP) is -0.172. The molecule has 0 aliphatic carbocycles. The number of carboxylic acid groups (broad SMARTS) is 1. The van der Waals surface area contributed by atoms with Crippen molar-refractivity contribution < 1.29 is 24.6 Å². The fraction of sp³-hybridized carbons (Fsp3) is 0.792. The second-order valence-corrected chi connectivity index (χ2v) is 12.9. The van der Waals surface area contributed by atoms with Crippen LogP contribution in [0.4, 0.5) is 0 Å². The third-order valence-electron chi connectivity index (χ3n) is 7.81. The minimum Gasteiger partial charge on any atom is -0.477 e. The van der Waals surface area contributed by atoms with Crippen molar-refractivity contribution in [2.24, 2.45) is 17.6 Å². The van der Waals surface area contributed by atoms with Crippen LogP contribution >= 0.6 is 23.5 Å². The Kier molecular flexibility index (Phi) is 8.94. The molecule has 12 heteroatoms. The summed E-state index contributed by atoms with van der Waals surface area (Å²) < 4.78 is 0. The number of amides is 2. The van der Waals surface area contributed by atoms with E-state index in [4.69, 9.17) is 5.73 Å². The Hall–Kier alpha value is -1.31. The van der Waals surface area contributed by atoms with E-state index in [1.165, 1.54) is 16.7 Å². The van der Waals surface area contributed by atoms with E-state index >= 15 is 0 Å². The largest absolute Gasteiger partial charge is 0.477 e. The quantitative estimate of drug-likeness (QED) is 0.276. The summed E-state index contributed by atoms with van der Waals surface area (Å²) in [5.74, 6) is -1.11. The zero-order chi connectivity index (χ0) is 26.1. The molecule has 0 saturated carbocycles. The number of thioether (sulfide) groups is 2. The molecule has 0 spiro atoms. The van der Waals surface area contributed by atoms with Gasteiger partial charge in [0.2, 0.25) is 11.8 Å². The van der Waals surface area contributed by atoms with E-state index in [-0.39, 0.29) is 46.0 Å². The average molecular weight is 542 g/mol. The number of nitrogens with two attached hydrogens (primary N) is 1. The lowest BCUT2D eigenvalue weighted by Crippen LogP contribution is -2.63. The number of fused-ring (bicyclic) bond motifs is 1. The number of β-lactam (4-membered cyclic amide) rings is 1. The van der Waals surface area contributed by atoms with Crippen LogP contribution in [0.1, 0.15) is 27.2 Å². The molecule has 2 amide bonds. The summed E-state index contributed by atoms with van der Waals surface area (Å²) in [6, 6.07) is -0.296. The van der Waals surface area contributed by atoms with Crippen LogP contribution in [-0.2, 0) is 14.4 Å². The number of carboxylic acids is 1. The minimum atomic E-state index is -1.10. The van der Waals surface area contributed by atoms with Gasteiger partial charge in [0.25, 0.3) is 0 Å². The maximum Gasteiger partial charge on any atom is 0.353 e. The van der Waals surface area contributed by atoms with E-state index in [2.05, 4.69) is 17.1 Å². The number of hydrogen-bond donors (Lipinski definition) is 4. The number of aliphatic carboxylic acids is 1. The number of aliphatic hydroxyl groups is 1. The second-order valence-electron chi connectivity index (χ2n) is 10.1. The Labute approximate surface area is 221 Å². The first-order valence-corrected chi connectivity index (χ1v) is 14.8. The molecule has 5 N–H and O–H groups in total. The van der Waals surface area contributed by atoms with E-state index in [1.807, 2.05) is 11.8 Å². The van der Waals surface area contributed by atoms with Crippen molar-refractivity contribution in [3.05, 3.63) is 10.6 Å². The molecule has 10 nitrogen and oxygen atoms in total. The van der Waals surface area contributed by atoms with Crippen LogP contribution in [0.5, 0.6) is 0 Å². The van der Waals surface area contributed by atoms with E-state index in [1.54, 1.807) is 18.7 Å². The highest BCUT2D eigenvalue weighted by Crippen LogP contribution is 2.52. The van der Waals surface area contributed by atoms with Crippen LogP contribution in [0.15, 0.2) is 10.6 Å². The molecule has 3 saturated heterocycles. The van der Waals surface area contributed by atoms with Crippen LogP contribution in [0, 0.1) is 11.8 Å². The molecule has 0 radical (unpaired) electrons. The van der Waals surface area contributed by atoms with Crippen molar-refractivity contribution in [2.45, 2.75) is 55.9 Å². The van der Waals surface area contributed by atoms with Gasteiger partial charge in [0.15, 0.2) is 0 Å². The molecule has 7 atom stereocenters. The lowest BCUT2D eigenvalue weighted by molar-refractivity contribution is -0.163. The summed E-state index contributed by atoms with van der Waals surface area (Å²) in [7, 11) is 0. The summed E-state index contributed by atoms with van der Waals surface area (Å²) in [5.41, 5.74) is 5.74. The third kappa shape index (κ3) is 5.17. The number of nitrogens with one attached hydrogen (secondary N) is 1. The van der Waals surface area contributed by atoms with E-state index in [9.17, 15) is 24.6 Å². The van der Waals surface area contributed by atoms with Crippen LogP contribution < -0.4 is 11.1 Å². The first-order chi connectivity index (χ1) is 17.2. The fourth-order valence-electron chi connectivity index (χ4n) is 6.00. The lowest BCUT2D eigenvalue weighted by Gasteiger charge is -2.46. The average Bonchev–Trinajstić information content (AvgIpc) is 3.39. The van der Waals surface area contributed by atoms with Crippen LogP contribution in [0.3, 0.4) is 0 Å². The first kappa shape index (κ1) is 27.7. The lowest BCUT2D eigenvalue weighted by atomic mass is 9.79. The van der Waals surface area contributed by atoms with Crippen LogP contribution in [-0.4, -0.2) is 123 Å². The van der Waals surface area contributed by atoms with Gasteiger partial charge in [-0.15, -0.1) is 23.5 Å². The molecule has 1 unspecified atom stereocenters. The monoisotopic (exact) mass is 541 g/mol. The smallest absolute Gasteiger partial charge is 0.353 e. The number of aliphatic hydroxyl groups excluding tert-OH is 1. The van der Waals surface area contributed by atoms with Crippen molar-refractivity contribution in [3.8, 4) is 0 Å². The molecular formula is C24H39N5O5S2. The maximum absolute atomic E-state index is 13.5. The number of hydrogen-bond acceptors (Lipinski definition) is 9. The third-order valence-corrected chi connectivity index (χ3v) is 10.5. The second kappa shape index (κ2) is 11.6. The van der Waals surface area contributed by atoms with E-state index < -0.39 is 18.0 Å². The Morgan fingerprint density at radius 1 is 1.25 bits per heavy atom. The van der Waals surface area contributed by atoms with Gasteiger partial charge in [-0.05, 0) is 19.1 Å². The molecule has 4 aliphatic rings. The molecule has 36 heavy (non-hydrogen) atoms. The normalized spacial score (nSPS) is 32.5. The van der Waals surface area contributed by atoms with E-state index in [0.717, 1.165) is 31.8 Å². The summed E-state index contributed by atoms with van der Waals surface area (Å²) in [4.78, 5) is 44.6. The van der Waals surface area contributed by atoms with E-state index in [0.29, 0.717) is 31.1 Å². The molecule has 0 bridgehead atoms. The van der Waals surface area contributed by atoms with Gasteiger partial charge in [0.05, 0.1) is 23.3 Å². The van der Waals surface area contributed by atoms with Gasteiger partial charge in [-0.25, -0.2) is 4.79 Å². The summed E-state index contributed by atoms with van der Waals surface area (Å²) in [6.07, 6.45) is -0.0592. The summed E-state index contributed by atoms with van der Waals surface area (Å²) >= 11 is 3.19. The standard InChI is InChI=1S/C24H39N5O5S2/c1-4-35-21(23(32)28-9-7-27(6-5-25)8-10-28)16-11-15(12-26-16)36-20-13(2)18-17(14(3)30)22(31)29(18)19(20)24(33)34/h13-18,21,26,30H,4-12,25H2,1-3H3,(H,33,34)/t13-,14-,15+,16+,17-,18-,21?/m1/s1. The zero-order valence-corrected chi connectivity index (χ0v) is 22.9. The summed E-state index contributed by atoms with van der Waals surface area (Å²) in [6.45, 7) is 10.9. The van der Waals surface area contributed by atoms with Crippen LogP contribution in [0.2, 0.25) is 0 Å². The van der Waals surface area contributed by atoms with Crippen molar-refractivity contribution in [1.29, 1.82) is 0 Å². The van der Waals surface area contributed by atoms with Gasteiger partial charge in [-0.2, -0.15) is 0 Å². The molecule has 4 heterocycles. The first-order valence-electron chi connectivity index (χ1n) is 12.9. The molecule has 4 rings (SSSR count). The molecule has 3 fully saturated rings. The van der Waals surface area contributed by atoms with Crippen LogP contribution in [0.25, 0.3) is 0 Å². The number of carbonyl (C=O) groups excluding carboxylic acids is 2. The Bertz CT molecular complexity index is 894. The molecule has 0 aromatic carbocycles. The number of nitrogens with zero attached hydrogens (tertiary/aromatic N) is 3. The topological polar surface area (TPSA) is 139 Å². The zero-order valence-electron chi connectivity index (χ0n) is 21.3. The number of carbonyl (C=O) groups is 3. The molecule has 4 aliphatic heterocycles. The highest BCUT2D eigenvalue weighted by atomic mass is 32.2. The number of piperazine rings is 1. The predicted molar refractivity (Wildman–Crippen MR) is 141 cm³/mol. The number of rotatable bonds is 10. The molecule has 202 valence electrons. The molecule has 0 aromatic heterocycles. The highest BCUT2D eigenvalue weighted by Gasteiger charge is 2.60. The fourth-order valence-corrected chi connectivity index (χ4v) is 8.59. The van der Waals surface area contributed by atoms with Gasteiger partial charge >= 0.3 is 5.97 Å². The van der Waals surface area contributed by atoms with Crippen molar-refractivity contribution in [2.75, 3.05) is 51.6 Å². The minimum absolute atomic E-state index is 0.0106.